The lowest BCUT2D eigenvalue weighted by molar-refractivity contribution is -0.144. The number of fused-ring (bicyclic) bond motifs is 1. The molecule has 7 heteroatoms. The Kier molecular flexibility index (Phi) is 4.11. The molecule has 0 spiro atoms. The lowest BCUT2D eigenvalue weighted by Crippen LogP contribution is -2.36. The Hall–Kier alpha value is -0.950. The van der Waals surface area contributed by atoms with Gasteiger partial charge in [-0.1, -0.05) is 6.42 Å². The van der Waals surface area contributed by atoms with E-state index in [0.29, 0.717) is 11.7 Å². The average molecular weight is 259 g/mol. The Labute approximate surface area is 104 Å². The molecular weight excluding hydrogens is 242 g/mol. The van der Waals surface area contributed by atoms with Crippen molar-refractivity contribution in [2.75, 3.05) is 5.75 Å². The number of amides is 2. The first-order valence-electron chi connectivity index (χ1n) is 5.79. The van der Waals surface area contributed by atoms with E-state index in [2.05, 4.69) is 15.5 Å². The molecule has 17 heavy (non-hydrogen) atoms. The minimum absolute atomic E-state index is 0.0583. The highest BCUT2D eigenvalue weighted by atomic mass is 32.2. The maximum atomic E-state index is 11.2. The summed E-state index contributed by atoms with van der Waals surface area (Å²) in [6.07, 6.45) is 3.11. The summed E-state index contributed by atoms with van der Waals surface area (Å²) in [4.78, 5) is 26.1. The van der Waals surface area contributed by atoms with Crippen LogP contribution in [0.2, 0.25) is 0 Å². The first-order valence-corrected chi connectivity index (χ1v) is 6.84. The van der Waals surface area contributed by atoms with Crippen LogP contribution in [0.3, 0.4) is 0 Å². The molecule has 0 aromatic rings. The number of urea groups is 1. The van der Waals surface area contributed by atoms with Gasteiger partial charge in [0.15, 0.2) is 0 Å². The van der Waals surface area contributed by atoms with Gasteiger partial charge in [0, 0.05) is 17.4 Å². The molecule has 0 aromatic carbocycles. The van der Waals surface area contributed by atoms with Crippen molar-refractivity contribution in [2.45, 2.75) is 43.0 Å². The van der Waals surface area contributed by atoms with Crippen molar-refractivity contribution in [1.82, 2.24) is 10.6 Å². The van der Waals surface area contributed by atoms with Crippen LogP contribution in [0.15, 0.2) is 0 Å². The van der Waals surface area contributed by atoms with E-state index in [1.165, 1.54) is 0 Å². The SMILES string of the molecule is NOC(=O)CCCC[C@H]1SC[C@H]2NC(=O)N[C@H]21. The van der Waals surface area contributed by atoms with Crippen LogP contribution in [0.1, 0.15) is 25.7 Å². The zero-order valence-corrected chi connectivity index (χ0v) is 10.3. The van der Waals surface area contributed by atoms with Crippen molar-refractivity contribution in [2.24, 2.45) is 5.90 Å². The van der Waals surface area contributed by atoms with Gasteiger partial charge in [0.05, 0.1) is 12.1 Å². The third-order valence-corrected chi connectivity index (χ3v) is 4.70. The van der Waals surface area contributed by atoms with E-state index in [-0.39, 0.29) is 24.1 Å². The van der Waals surface area contributed by atoms with E-state index in [4.69, 9.17) is 5.90 Å². The van der Waals surface area contributed by atoms with Crippen LogP contribution in [-0.2, 0) is 9.63 Å². The van der Waals surface area contributed by atoms with Crippen LogP contribution < -0.4 is 16.5 Å². The summed E-state index contributed by atoms with van der Waals surface area (Å²) in [5.74, 6) is 5.36. The molecule has 0 unspecified atom stereocenters. The summed E-state index contributed by atoms with van der Waals surface area (Å²) < 4.78 is 0. The smallest absolute Gasteiger partial charge is 0.324 e. The van der Waals surface area contributed by atoms with Crippen molar-refractivity contribution >= 4 is 23.8 Å². The minimum Gasteiger partial charge on any atom is -0.373 e. The molecule has 2 aliphatic rings. The van der Waals surface area contributed by atoms with Gasteiger partial charge in [0.2, 0.25) is 0 Å². The highest BCUT2D eigenvalue weighted by Crippen LogP contribution is 2.33. The molecule has 0 aromatic heterocycles. The number of nitrogens with one attached hydrogen (secondary N) is 2. The molecule has 96 valence electrons. The van der Waals surface area contributed by atoms with E-state index in [0.717, 1.165) is 25.0 Å². The van der Waals surface area contributed by atoms with Crippen LogP contribution in [0.25, 0.3) is 0 Å². The third kappa shape index (κ3) is 3.04. The quantitative estimate of drug-likeness (QED) is 0.371. The van der Waals surface area contributed by atoms with Crippen molar-refractivity contribution in [1.29, 1.82) is 0 Å². The Morgan fingerprint density at radius 3 is 3.06 bits per heavy atom. The third-order valence-electron chi connectivity index (χ3n) is 3.19. The average Bonchev–Trinajstić information content (AvgIpc) is 2.84. The van der Waals surface area contributed by atoms with Gasteiger partial charge < -0.3 is 15.5 Å². The molecule has 2 aliphatic heterocycles. The first kappa shape index (κ1) is 12.5. The predicted octanol–water partition coefficient (Wildman–Crippen LogP) is 0.129. The van der Waals surface area contributed by atoms with Gasteiger partial charge in [-0.15, -0.1) is 0 Å². The molecule has 0 saturated carbocycles. The largest absolute Gasteiger partial charge is 0.373 e. The van der Waals surface area contributed by atoms with Crippen molar-refractivity contribution < 1.29 is 14.4 Å². The van der Waals surface area contributed by atoms with Crippen LogP contribution in [0.4, 0.5) is 4.79 Å². The topological polar surface area (TPSA) is 93.4 Å². The molecule has 4 N–H and O–H groups in total. The molecule has 6 nitrogen and oxygen atoms in total. The predicted molar refractivity (Wildman–Crippen MR) is 64.2 cm³/mol. The van der Waals surface area contributed by atoms with Gasteiger partial charge in [0.25, 0.3) is 0 Å². The maximum absolute atomic E-state index is 11.2. The molecule has 3 atom stereocenters. The fourth-order valence-corrected chi connectivity index (χ4v) is 3.86. The van der Waals surface area contributed by atoms with Gasteiger partial charge in [-0.3, -0.25) is 4.79 Å². The summed E-state index contributed by atoms with van der Waals surface area (Å²) >= 11 is 1.88. The number of nitrogens with two attached hydrogens (primary N) is 1. The van der Waals surface area contributed by atoms with Gasteiger partial charge in [0.1, 0.15) is 0 Å². The van der Waals surface area contributed by atoms with Crippen molar-refractivity contribution in [3.63, 3.8) is 0 Å². The summed E-state index contributed by atoms with van der Waals surface area (Å²) in [5, 5.41) is 6.30. The highest BCUT2D eigenvalue weighted by Gasteiger charge is 2.42. The molecule has 0 aliphatic carbocycles. The van der Waals surface area contributed by atoms with E-state index in [1.54, 1.807) is 0 Å². The molecule has 2 rings (SSSR count). The minimum atomic E-state index is -0.363. The summed E-state index contributed by atoms with van der Waals surface area (Å²) in [7, 11) is 0. The lowest BCUT2D eigenvalue weighted by Gasteiger charge is -2.16. The number of unbranched alkanes of at least 4 members (excludes halogenated alkanes) is 1. The van der Waals surface area contributed by atoms with Gasteiger partial charge in [-0.2, -0.15) is 17.7 Å². The standard InChI is InChI=1S/C10H17N3O3S/c11-16-8(14)4-2-1-3-7-9-6(5-17-7)12-10(15)13-9/h6-7,9H,1-5,11H2,(H2,12,13,15)/t6-,7-,9-/m1/s1. The monoisotopic (exact) mass is 259 g/mol. The second-order valence-corrected chi connectivity index (χ2v) is 5.63. The number of carbonyl (C=O) groups is 2. The Bertz CT molecular complexity index is 313. The first-order chi connectivity index (χ1) is 8.20. The molecule has 2 fully saturated rings. The normalized spacial score (nSPS) is 30.6. The Morgan fingerprint density at radius 1 is 1.47 bits per heavy atom. The second kappa shape index (κ2) is 5.59. The molecule has 0 bridgehead atoms. The van der Waals surface area contributed by atoms with Crippen LogP contribution >= 0.6 is 11.8 Å². The van der Waals surface area contributed by atoms with Gasteiger partial charge >= 0.3 is 12.0 Å². The number of rotatable bonds is 5. The van der Waals surface area contributed by atoms with E-state index >= 15 is 0 Å². The highest BCUT2D eigenvalue weighted by molar-refractivity contribution is 8.00. The molecule has 2 heterocycles. The molecule has 0 radical (unpaired) electrons. The zero-order chi connectivity index (χ0) is 12.3. The summed E-state index contributed by atoms with van der Waals surface area (Å²) in [6.45, 7) is 0. The zero-order valence-electron chi connectivity index (χ0n) is 9.48. The number of hydrogen-bond donors (Lipinski definition) is 3. The molecular formula is C10H17N3O3S. The Morgan fingerprint density at radius 2 is 2.29 bits per heavy atom. The van der Waals surface area contributed by atoms with Crippen LogP contribution in [0, 0.1) is 0 Å². The number of carbonyl (C=O) groups excluding carboxylic acids is 2. The van der Waals surface area contributed by atoms with Crippen LogP contribution in [-0.4, -0.2) is 35.1 Å². The fraction of sp³-hybridized carbons (Fsp3) is 0.800. The second-order valence-electron chi connectivity index (χ2n) is 4.36. The summed E-state index contributed by atoms with van der Waals surface area (Å²) in [6, 6.07) is 0.456. The van der Waals surface area contributed by atoms with Gasteiger partial charge in [-0.05, 0) is 12.8 Å². The number of thioether (sulfide) groups is 1. The molecule has 2 saturated heterocycles. The lowest BCUT2D eigenvalue weighted by atomic mass is 10.0. The summed E-state index contributed by atoms with van der Waals surface area (Å²) in [5.41, 5.74) is 0. The molecule has 2 amide bonds. The van der Waals surface area contributed by atoms with Crippen molar-refractivity contribution in [3.8, 4) is 0 Å². The number of hydrogen-bond acceptors (Lipinski definition) is 5. The van der Waals surface area contributed by atoms with Gasteiger partial charge in [-0.25, -0.2) is 4.79 Å². The van der Waals surface area contributed by atoms with E-state index in [9.17, 15) is 9.59 Å². The van der Waals surface area contributed by atoms with Crippen LogP contribution in [0.5, 0.6) is 0 Å². The van der Waals surface area contributed by atoms with Crippen molar-refractivity contribution in [3.05, 3.63) is 0 Å². The fourth-order valence-electron chi connectivity index (χ4n) is 2.32. The van der Waals surface area contributed by atoms with E-state index in [1.807, 2.05) is 11.8 Å². The Balaban J connectivity index is 1.66. The van der Waals surface area contributed by atoms with E-state index < -0.39 is 0 Å². The maximum Gasteiger partial charge on any atom is 0.324 e.